The number of nitrogens with one attached hydrogen (secondary N) is 2. The summed E-state index contributed by atoms with van der Waals surface area (Å²) in [6.07, 6.45) is 2.62. The van der Waals surface area contributed by atoms with E-state index in [2.05, 4.69) is 14.7 Å². The van der Waals surface area contributed by atoms with Crippen LogP contribution in [0.25, 0.3) is 0 Å². The molecule has 1 atom stereocenters. The molecule has 1 unspecified atom stereocenters. The first-order chi connectivity index (χ1) is 6.92. The number of likely N-dealkylation sites (N-methyl/N-ethyl adjacent to an activating group) is 1. The summed E-state index contributed by atoms with van der Waals surface area (Å²) in [6.45, 7) is 2.46. The second-order valence-corrected chi connectivity index (χ2v) is 5.38. The summed E-state index contributed by atoms with van der Waals surface area (Å²) in [5.74, 6) is 0. The number of imidazole rings is 1. The van der Waals surface area contributed by atoms with Gasteiger partial charge in [-0.15, -0.1) is 0 Å². The van der Waals surface area contributed by atoms with Crippen molar-refractivity contribution in [3.05, 3.63) is 12.5 Å². The van der Waals surface area contributed by atoms with Gasteiger partial charge in [0, 0.05) is 12.6 Å². The quantitative estimate of drug-likeness (QED) is 0.726. The van der Waals surface area contributed by atoms with Crippen LogP contribution in [-0.2, 0) is 10.0 Å². The third-order valence-corrected chi connectivity index (χ3v) is 3.27. The van der Waals surface area contributed by atoms with E-state index in [4.69, 9.17) is 0 Å². The Kier molecular flexibility index (Phi) is 3.83. The molecule has 1 heterocycles. The number of H-pyrrole nitrogens is 1. The van der Waals surface area contributed by atoms with Crippen LogP contribution >= 0.6 is 0 Å². The molecule has 7 heteroatoms. The van der Waals surface area contributed by atoms with Crippen molar-refractivity contribution in [2.75, 3.05) is 20.6 Å². The Morgan fingerprint density at radius 2 is 2.27 bits per heavy atom. The molecule has 0 radical (unpaired) electrons. The van der Waals surface area contributed by atoms with Gasteiger partial charge < -0.3 is 9.88 Å². The molecule has 1 aromatic heterocycles. The summed E-state index contributed by atoms with van der Waals surface area (Å²) in [5.41, 5.74) is 0. The monoisotopic (exact) mass is 232 g/mol. The summed E-state index contributed by atoms with van der Waals surface area (Å²) < 4.78 is 25.9. The molecule has 86 valence electrons. The van der Waals surface area contributed by atoms with Crippen molar-refractivity contribution >= 4 is 10.0 Å². The van der Waals surface area contributed by atoms with E-state index in [1.165, 1.54) is 12.5 Å². The lowest BCUT2D eigenvalue weighted by Crippen LogP contribution is -2.39. The molecule has 6 nitrogen and oxygen atoms in total. The number of rotatable bonds is 5. The van der Waals surface area contributed by atoms with Crippen LogP contribution in [0.2, 0.25) is 0 Å². The van der Waals surface area contributed by atoms with Crippen molar-refractivity contribution in [3.8, 4) is 0 Å². The topological polar surface area (TPSA) is 78.1 Å². The van der Waals surface area contributed by atoms with Gasteiger partial charge in [0.2, 0.25) is 0 Å². The van der Waals surface area contributed by atoms with Crippen LogP contribution in [0.15, 0.2) is 17.6 Å². The van der Waals surface area contributed by atoms with Gasteiger partial charge in [-0.1, -0.05) is 0 Å². The van der Waals surface area contributed by atoms with Crippen LogP contribution < -0.4 is 4.72 Å². The SMILES string of the molecule is CC(CN(C)C)NS(=O)(=O)c1cnc[nH]1. The lowest BCUT2D eigenvalue weighted by atomic mass is 10.3. The highest BCUT2D eigenvalue weighted by Gasteiger charge is 2.18. The first-order valence-electron chi connectivity index (χ1n) is 4.57. The molecule has 0 fully saturated rings. The number of aromatic nitrogens is 2. The minimum Gasteiger partial charge on any atom is -0.335 e. The molecule has 0 spiro atoms. The first kappa shape index (κ1) is 12.2. The number of nitrogens with zero attached hydrogens (tertiary/aromatic N) is 2. The molecule has 0 aliphatic carbocycles. The lowest BCUT2D eigenvalue weighted by Gasteiger charge is -2.17. The van der Waals surface area contributed by atoms with E-state index >= 15 is 0 Å². The molecule has 0 aromatic carbocycles. The van der Waals surface area contributed by atoms with Gasteiger partial charge in [-0.3, -0.25) is 0 Å². The van der Waals surface area contributed by atoms with Gasteiger partial charge in [0.05, 0.1) is 12.5 Å². The van der Waals surface area contributed by atoms with Gasteiger partial charge >= 0.3 is 0 Å². The van der Waals surface area contributed by atoms with Crippen LogP contribution in [0.3, 0.4) is 0 Å². The summed E-state index contributed by atoms with van der Waals surface area (Å²) in [4.78, 5) is 8.15. The van der Waals surface area contributed by atoms with E-state index in [1.807, 2.05) is 25.9 Å². The van der Waals surface area contributed by atoms with Crippen molar-refractivity contribution < 1.29 is 8.42 Å². The lowest BCUT2D eigenvalue weighted by molar-refractivity contribution is 0.370. The van der Waals surface area contributed by atoms with Crippen molar-refractivity contribution in [3.63, 3.8) is 0 Å². The minimum atomic E-state index is -3.46. The van der Waals surface area contributed by atoms with E-state index < -0.39 is 10.0 Å². The number of aromatic amines is 1. The molecule has 1 rings (SSSR count). The smallest absolute Gasteiger partial charge is 0.257 e. The average Bonchev–Trinajstić information content (AvgIpc) is 2.51. The van der Waals surface area contributed by atoms with E-state index in [-0.39, 0.29) is 11.1 Å². The first-order valence-corrected chi connectivity index (χ1v) is 6.05. The Morgan fingerprint density at radius 1 is 1.60 bits per heavy atom. The van der Waals surface area contributed by atoms with Crippen molar-refractivity contribution in [1.82, 2.24) is 19.6 Å². The number of hydrogen-bond donors (Lipinski definition) is 2. The van der Waals surface area contributed by atoms with E-state index in [0.29, 0.717) is 6.54 Å². The standard InChI is InChI=1S/C8H16N4O2S/c1-7(5-12(2)3)11-15(13,14)8-4-9-6-10-8/h4,6-7,11H,5H2,1-3H3,(H,9,10). The molecular formula is C8H16N4O2S. The molecule has 0 aliphatic heterocycles. The largest absolute Gasteiger partial charge is 0.335 e. The maximum Gasteiger partial charge on any atom is 0.257 e. The molecule has 2 N–H and O–H groups in total. The Hall–Kier alpha value is -0.920. The zero-order chi connectivity index (χ0) is 11.5. The van der Waals surface area contributed by atoms with E-state index in [1.54, 1.807) is 0 Å². The maximum atomic E-state index is 11.7. The normalized spacial score (nSPS) is 14.4. The van der Waals surface area contributed by atoms with Crippen molar-refractivity contribution in [2.45, 2.75) is 18.0 Å². The van der Waals surface area contributed by atoms with Crippen molar-refractivity contribution in [1.29, 1.82) is 0 Å². The second-order valence-electron chi connectivity index (χ2n) is 3.70. The second kappa shape index (κ2) is 4.73. The molecule has 0 aliphatic rings. The number of hydrogen-bond acceptors (Lipinski definition) is 4. The maximum absolute atomic E-state index is 11.7. The highest BCUT2D eigenvalue weighted by atomic mass is 32.2. The molecular weight excluding hydrogens is 216 g/mol. The zero-order valence-corrected chi connectivity index (χ0v) is 9.87. The molecule has 0 amide bonds. The fraction of sp³-hybridized carbons (Fsp3) is 0.625. The van der Waals surface area contributed by atoms with Crippen LogP contribution in [0.1, 0.15) is 6.92 Å². The van der Waals surface area contributed by atoms with E-state index in [0.717, 1.165) is 0 Å². The minimum absolute atomic E-state index is 0.0908. The van der Waals surface area contributed by atoms with Gasteiger partial charge in [-0.2, -0.15) is 0 Å². The van der Waals surface area contributed by atoms with Gasteiger partial charge in [-0.25, -0.2) is 18.1 Å². The molecule has 1 aromatic rings. The molecule has 0 bridgehead atoms. The summed E-state index contributed by atoms with van der Waals surface area (Å²) in [6, 6.07) is -0.145. The molecule has 15 heavy (non-hydrogen) atoms. The predicted octanol–water partition coefficient (Wildman–Crippen LogP) is -0.362. The fourth-order valence-corrected chi connectivity index (χ4v) is 2.44. The van der Waals surface area contributed by atoms with Crippen LogP contribution in [0, 0.1) is 0 Å². The third kappa shape index (κ3) is 3.61. The fourth-order valence-electron chi connectivity index (χ4n) is 1.30. The van der Waals surface area contributed by atoms with Crippen LogP contribution in [-0.4, -0.2) is 50.0 Å². The van der Waals surface area contributed by atoms with Gasteiger partial charge in [-0.05, 0) is 21.0 Å². The van der Waals surface area contributed by atoms with Gasteiger partial charge in [0.25, 0.3) is 10.0 Å². The van der Waals surface area contributed by atoms with Crippen LogP contribution in [0.5, 0.6) is 0 Å². The highest BCUT2D eigenvalue weighted by Crippen LogP contribution is 2.03. The Bertz CT molecular complexity index is 385. The summed E-state index contributed by atoms with van der Waals surface area (Å²) in [5, 5.41) is 0.0908. The Labute approximate surface area is 89.8 Å². The van der Waals surface area contributed by atoms with Gasteiger partial charge in [0.1, 0.15) is 0 Å². The van der Waals surface area contributed by atoms with Gasteiger partial charge in [0.15, 0.2) is 5.03 Å². The zero-order valence-electron chi connectivity index (χ0n) is 9.06. The summed E-state index contributed by atoms with van der Waals surface area (Å²) in [7, 11) is 0.323. The average molecular weight is 232 g/mol. The molecule has 0 saturated carbocycles. The Balaban J connectivity index is 2.66. The van der Waals surface area contributed by atoms with E-state index in [9.17, 15) is 8.42 Å². The Morgan fingerprint density at radius 3 is 2.73 bits per heavy atom. The third-order valence-electron chi connectivity index (χ3n) is 1.76. The van der Waals surface area contributed by atoms with Crippen LogP contribution in [0.4, 0.5) is 0 Å². The molecule has 0 saturated heterocycles. The van der Waals surface area contributed by atoms with Crippen molar-refractivity contribution in [2.24, 2.45) is 0 Å². The summed E-state index contributed by atoms with van der Waals surface area (Å²) >= 11 is 0. The highest BCUT2D eigenvalue weighted by molar-refractivity contribution is 7.89. The number of sulfonamides is 1. The predicted molar refractivity (Wildman–Crippen MR) is 56.9 cm³/mol.